The summed E-state index contributed by atoms with van der Waals surface area (Å²) in [5.41, 5.74) is 5.21. The number of carbonyl (C=O) groups is 2. The van der Waals surface area contributed by atoms with Crippen LogP contribution in [0.4, 0.5) is 14.9 Å². The molecule has 130 valence electrons. The van der Waals surface area contributed by atoms with Crippen molar-refractivity contribution in [2.24, 2.45) is 11.7 Å². The lowest BCUT2D eigenvalue weighted by Crippen LogP contribution is -2.34. The molecule has 0 radical (unpaired) electrons. The van der Waals surface area contributed by atoms with Crippen LogP contribution < -0.4 is 11.1 Å². The summed E-state index contributed by atoms with van der Waals surface area (Å²) in [6.07, 6.45) is 3.53. The third-order valence-electron chi connectivity index (χ3n) is 4.77. The molecule has 2 aliphatic heterocycles. The van der Waals surface area contributed by atoms with Gasteiger partial charge < -0.3 is 20.9 Å². The number of rotatable bonds is 4. The Kier molecular flexibility index (Phi) is 4.99. The second-order valence-electron chi connectivity index (χ2n) is 6.60. The van der Waals surface area contributed by atoms with E-state index in [2.05, 4.69) is 10.2 Å². The molecule has 1 atom stereocenters. The molecule has 3 N–H and O–H groups in total. The minimum Gasteiger partial charge on any atom is -0.366 e. The van der Waals surface area contributed by atoms with Gasteiger partial charge in [0.2, 0.25) is 0 Å². The number of carbonyl (C=O) groups excluding carboxylic acids is 2. The van der Waals surface area contributed by atoms with E-state index in [0.29, 0.717) is 18.2 Å². The lowest BCUT2D eigenvalue weighted by atomic mass is 10.1. The number of likely N-dealkylation sites (tertiary alicyclic amines) is 2. The van der Waals surface area contributed by atoms with E-state index in [4.69, 9.17) is 5.73 Å². The number of nitrogens with one attached hydrogen (secondary N) is 1. The number of amides is 3. The predicted molar refractivity (Wildman–Crippen MR) is 89.3 cm³/mol. The fraction of sp³-hybridized carbons (Fsp3) is 0.529. The maximum Gasteiger partial charge on any atom is 0.321 e. The zero-order chi connectivity index (χ0) is 17.1. The van der Waals surface area contributed by atoms with Gasteiger partial charge in [-0.05, 0) is 56.5 Å². The van der Waals surface area contributed by atoms with E-state index in [9.17, 15) is 14.0 Å². The molecule has 2 aliphatic rings. The number of nitrogens with two attached hydrogens (primary N) is 1. The molecule has 0 bridgehead atoms. The minimum absolute atomic E-state index is 0.181. The fourth-order valence-electron chi connectivity index (χ4n) is 3.49. The summed E-state index contributed by atoms with van der Waals surface area (Å²) in [4.78, 5) is 27.6. The molecule has 2 fully saturated rings. The number of benzene rings is 1. The van der Waals surface area contributed by atoms with Gasteiger partial charge in [-0.15, -0.1) is 0 Å². The summed E-state index contributed by atoms with van der Waals surface area (Å²) in [6.45, 7) is 4.81. The van der Waals surface area contributed by atoms with Gasteiger partial charge in [-0.25, -0.2) is 9.18 Å². The molecule has 1 aromatic carbocycles. The molecule has 2 saturated heterocycles. The summed E-state index contributed by atoms with van der Waals surface area (Å²) in [5.74, 6) is -1.05. The molecule has 1 aromatic rings. The number of halogens is 1. The van der Waals surface area contributed by atoms with E-state index >= 15 is 0 Å². The number of primary amides is 1. The lowest BCUT2D eigenvalue weighted by Gasteiger charge is -2.21. The third kappa shape index (κ3) is 3.84. The first-order valence-corrected chi connectivity index (χ1v) is 8.40. The van der Waals surface area contributed by atoms with Crippen LogP contribution in [0.5, 0.6) is 0 Å². The van der Waals surface area contributed by atoms with Gasteiger partial charge in [0.05, 0.1) is 5.56 Å². The first-order chi connectivity index (χ1) is 11.5. The highest BCUT2D eigenvalue weighted by Crippen LogP contribution is 2.21. The average molecular weight is 334 g/mol. The SMILES string of the molecule is NC(=O)c1ccc(NC(=O)N2CC[C@H](CN3CCCC3)C2)cc1F. The predicted octanol–water partition coefficient (Wildman–Crippen LogP) is 1.87. The van der Waals surface area contributed by atoms with Gasteiger partial charge in [0.1, 0.15) is 5.82 Å². The Morgan fingerprint density at radius 1 is 1.25 bits per heavy atom. The molecule has 0 unspecified atom stereocenters. The third-order valence-corrected chi connectivity index (χ3v) is 4.77. The van der Waals surface area contributed by atoms with Crippen LogP contribution in [-0.4, -0.2) is 54.5 Å². The van der Waals surface area contributed by atoms with Crippen LogP contribution in [-0.2, 0) is 0 Å². The molecule has 24 heavy (non-hydrogen) atoms. The fourth-order valence-corrected chi connectivity index (χ4v) is 3.49. The highest BCUT2D eigenvalue weighted by atomic mass is 19.1. The maximum absolute atomic E-state index is 13.7. The summed E-state index contributed by atoms with van der Waals surface area (Å²) in [6, 6.07) is 3.66. The van der Waals surface area contributed by atoms with E-state index in [0.717, 1.165) is 38.7 Å². The van der Waals surface area contributed by atoms with Crippen molar-refractivity contribution in [2.45, 2.75) is 19.3 Å². The number of hydrogen-bond donors (Lipinski definition) is 2. The van der Waals surface area contributed by atoms with Gasteiger partial charge >= 0.3 is 6.03 Å². The number of urea groups is 1. The molecule has 3 rings (SSSR count). The number of hydrogen-bond acceptors (Lipinski definition) is 3. The molecular formula is C17H23FN4O2. The van der Waals surface area contributed by atoms with Gasteiger partial charge in [0, 0.05) is 25.3 Å². The van der Waals surface area contributed by atoms with E-state index in [-0.39, 0.29) is 11.6 Å². The summed E-state index contributed by atoms with van der Waals surface area (Å²) >= 11 is 0. The normalized spacial score (nSPS) is 21.2. The molecule has 0 aliphatic carbocycles. The Morgan fingerprint density at radius 2 is 2.00 bits per heavy atom. The van der Waals surface area contributed by atoms with Crippen molar-refractivity contribution < 1.29 is 14.0 Å². The second-order valence-corrected chi connectivity index (χ2v) is 6.60. The Bertz CT molecular complexity index is 631. The molecule has 0 aromatic heterocycles. The first-order valence-electron chi connectivity index (χ1n) is 8.40. The maximum atomic E-state index is 13.7. The quantitative estimate of drug-likeness (QED) is 0.882. The average Bonchev–Trinajstić information content (AvgIpc) is 3.19. The van der Waals surface area contributed by atoms with E-state index in [1.165, 1.54) is 25.0 Å². The van der Waals surface area contributed by atoms with E-state index < -0.39 is 11.7 Å². The van der Waals surface area contributed by atoms with Crippen LogP contribution >= 0.6 is 0 Å². The summed E-state index contributed by atoms with van der Waals surface area (Å²) in [5, 5.41) is 2.69. The van der Waals surface area contributed by atoms with Crippen molar-refractivity contribution in [3.8, 4) is 0 Å². The second kappa shape index (κ2) is 7.17. The molecule has 7 heteroatoms. The number of nitrogens with zero attached hydrogens (tertiary/aromatic N) is 2. The van der Waals surface area contributed by atoms with Crippen LogP contribution in [0.3, 0.4) is 0 Å². The van der Waals surface area contributed by atoms with Crippen molar-refractivity contribution in [3.63, 3.8) is 0 Å². The van der Waals surface area contributed by atoms with Gasteiger partial charge in [-0.2, -0.15) is 0 Å². The molecule has 6 nitrogen and oxygen atoms in total. The molecule has 0 spiro atoms. The Labute approximate surface area is 140 Å². The zero-order valence-electron chi connectivity index (χ0n) is 13.6. The smallest absolute Gasteiger partial charge is 0.321 e. The lowest BCUT2D eigenvalue weighted by molar-refractivity contribution is 0.0996. The van der Waals surface area contributed by atoms with Crippen LogP contribution in [0, 0.1) is 11.7 Å². The Balaban J connectivity index is 1.53. The van der Waals surface area contributed by atoms with Crippen molar-refractivity contribution in [1.29, 1.82) is 0 Å². The Morgan fingerprint density at radius 3 is 2.67 bits per heavy atom. The van der Waals surface area contributed by atoms with Gasteiger partial charge in [-0.3, -0.25) is 4.79 Å². The van der Waals surface area contributed by atoms with Crippen molar-refractivity contribution in [1.82, 2.24) is 9.80 Å². The monoisotopic (exact) mass is 334 g/mol. The van der Waals surface area contributed by atoms with Gasteiger partial charge in [-0.1, -0.05) is 0 Å². The van der Waals surface area contributed by atoms with Crippen molar-refractivity contribution in [3.05, 3.63) is 29.6 Å². The number of anilines is 1. The van der Waals surface area contributed by atoms with Crippen molar-refractivity contribution in [2.75, 3.05) is 38.0 Å². The van der Waals surface area contributed by atoms with Crippen LogP contribution in [0.1, 0.15) is 29.6 Å². The summed E-state index contributed by atoms with van der Waals surface area (Å²) in [7, 11) is 0. The van der Waals surface area contributed by atoms with Crippen molar-refractivity contribution >= 4 is 17.6 Å². The topological polar surface area (TPSA) is 78.7 Å². The van der Waals surface area contributed by atoms with Gasteiger partial charge in [0.15, 0.2) is 0 Å². The first kappa shape index (κ1) is 16.7. The molecule has 2 heterocycles. The minimum atomic E-state index is -0.824. The van der Waals surface area contributed by atoms with Gasteiger partial charge in [0.25, 0.3) is 5.91 Å². The zero-order valence-corrected chi connectivity index (χ0v) is 13.6. The van der Waals surface area contributed by atoms with Crippen LogP contribution in [0.15, 0.2) is 18.2 Å². The highest BCUT2D eigenvalue weighted by Gasteiger charge is 2.28. The molecule has 0 saturated carbocycles. The molecular weight excluding hydrogens is 311 g/mol. The molecule has 3 amide bonds. The Hall–Kier alpha value is -2.15. The van der Waals surface area contributed by atoms with Crippen LogP contribution in [0.2, 0.25) is 0 Å². The van der Waals surface area contributed by atoms with E-state index in [1.54, 1.807) is 4.90 Å². The highest BCUT2D eigenvalue weighted by molar-refractivity contribution is 5.94. The largest absolute Gasteiger partial charge is 0.366 e. The van der Waals surface area contributed by atoms with E-state index in [1.807, 2.05) is 0 Å². The summed E-state index contributed by atoms with van der Waals surface area (Å²) < 4.78 is 13.7. The standard InChI is InChI=1S/C17H23FN4O2/c18-15-9-13(3-4-14(15)16(19)23)20-17(24)22-8-5-12(11-22)10-21-6-1-2-7-21/h3-4,9,12H,1-2,5-8,10-11H2,(H2,19,23)(H,20,24)/t12-/m1/s1. The van der Waals surface area contributed by atoms with Crippen LogP contribution in [0.25, 0.3) is 0 Å².